The highest BCUT2D eigenvalue weighted by Crippen LogP contribution is 2.40. The van der Waals surface area contributed by atoms with Crippen molar-refractivity contribution in [1.29, 1.82) is 0 Å². The Hall–Kier alpha value is -0.310. The number of nitrogens with zero attached hydrogens (tertiary/aromatic N) is 1. The first-order chi connectivity index (χ1) is 9.35. The molecule has 0 heterocycles. The monoisotopic (exact) mass is 389 g/mol. The van der Waals surface area contributed by atoms with Crippen LogP contribution in [-0.2, 0) is 11.4 Å². The van der Waals surface area contributed by atoms with Crippen LogP contribution in [0.15, 0.2) is 22.7 Å². The van der Waals surface area contributed by atoms with Crippen LogP contribution in [0.5, 0.6) is 0 Å². The van der Waals surface area contributed by atoms with E-state index in [1.165, 1.54) is 12.1 Å². The van der Waals surface area contributed by atoms with Crippen molar-refractivity contribution < 1.29 is 22.1 Å². The predicted molar refractivity (Wildman–Crippen MR) is 78.6 cm³/mol. The van der Waals surface area contributed by atoms with Crippen molar-refractivity contribution in [2.45, 2.75) is 37.7 Å². The fraction of sp³-hybridized carbons (Fsp3) is 0.538. The minimum Gasteiger partial charge on any atom is -0.597 e. The number of alkyl halides is 3. The summed E-state index contributed by atoms with van der Waals surface area (Å²) in [7, 11) is 1.12. The van der Waals surface area contributed by atoms with Crippen LogP contribution in [0.4, 0.5) is 17.6 Å². The summed E-state index contributed by atoms with van der Waals surface area (Å²) < 4.78 is 65.7. The normalized spacial score (nSPS) is 16.1. The van der Waals surface area contributed by atoms with Gasteiger partial charge in [-0.3, -0.25) is 0 Å². The SMILES string of the molecule is CN([C@@H](c1ccc(Br)c(F)c1)C(F)(F)F)[S+]([O-])C(C)(C)C. The lowest BCUT2D eigenvalue weighted by Gasteiger charge is -2.35. The van der Waals surface area contributed by atoms with Gasteiger partial charge in [-0.1, -0.05) is 6.07 Å². The van der Waals surface area contributed by atoms with Gasteiger partial charge in [0.25, 0.3) is 0 Å². The van der Waals surface area contributed by atoms with Gasteiger partial charge in [0.15, 0.2) is 6.04 Å². The Kier molecular flexibility index (Phi) is 5.74. The molecule has 1 aromatic rings. The molecule has 0 saturated heterocycles. The summed E-state index contributed by atoms with van der Waals surface area (Å²) >= 11 is 1.00. The summed E-state index contributed by atoms with van der Waals surface area (Å²) in [5, 5.41) is 0. The molecule has 0 aliphatic carbocycles. The van der Waals surface area contributed by atoms with Crippen LogP contribution >= 0.6 is 15.9 Å². The molecule has 1 aromatic carbocycles. The van der Waals surface area contributed by atoms with E-state index in [-0.39, 0.29) is 10.0 Å². The molecule has 0 fully saturated rings. The molecule has 0 spiro atoms. The zero-order chi connectivity index (χ0) is 16.6. The molecular formula is C13H16BrF4NOS. The standard InChI is InChI=1S/C13H16BrF4NOS/c1-12(2,3)21(20)19(4)11(13(16,17)18)8-5-6-9(14)10(15)7-8/h5-7,11H,1-4H3/t11-,21?/m0/s1. The van der Waals surface area contributed by atoms with Gasteiger partial charge in [0.05, 0.1) is 4.47 Å². The van der Waals surface area contributed by atoms with Gasteiger partial charge in [0.1, 0.15) is 10.6 Å². The average molecular weight is 390 g/mol. The van der Waals surface area contributed by atoms with E-state index in [1.807, 2.05) is 0 Å². The Morgan fingerprint density at radius 1 is 1.24 bits per heavy atom. The molecule has 21 heavy (non-hydrogen) atoms. The summed E-state index contributed by atoms with van der Waals surface area (Å²) in [4.78, 5) is 0. The molecule has 0 aromatic heterocycles. The topological polar surface area (TPSA) is 26.3 Å². The first-order valence-corrected chi connectivity index (χ1v) is 7.92. The van der Waals surface area contributed by atoms with E-state index in [2.05, 4.69) is 15.9 Å². The van der Waals surface area contributed by atoms with Crippen molar-refractivity contribution >= 4 is 27.3 Å². The third kappa shape index (κ3) is 4.58. The Morgan fingerprint density at radius 2 is 1.76 bits per heavy atom. The highest BCUT2D eigenvalue weighted by Gasteiger charge is 2.50. The molecule has 1 rings (SSSR count). The van der Waals surface area contributed by atoms with Gasteiger partial charge >= 0.3 is 6.18 Å². The average Bonchev–Trinajstić information content (AvgIpc) is 2.30. The lowest BCUT2D eigenvalue weighted by molar-refractivity contribution is -0.171. The number of halogens is 5. The van der Waals surface area contributed by atoms with Crippen molar-refractivity contribution in [3.05, 3.63) is 34.1 Å². The largest absolute Gasteiger partial charge is 0.597 e. The van der Waals surface area contributed by atoms with Gasteiger partial charge in [-0.15, -0.1) is 4.31 Å². The van der Waals surface area contributed by atoms with Crippen LogP contribution in [0.3, 0.4) is 0 Å². The van der Waals surface area contributed by atoms with Crippen molar-refractivity contribution in [3.63, 3.8) is 0 Å². The van der Waals surface area contributed by atoms with E-state index < -0.39 is 34.1 Å². The molecule has 0 amide bonds. The molecule has 0 aliphatic heterocycles. The predicted octanol–water partition coefficient (Wildman–Crippen LogP) is 4.59. The Bertz CT molecular complexity index is 504. The fourth-order valence-electron chi connectivity index (χ4n) is 1.82. The van der Waals surface area contributed by atoms with E-state index in [0.29, 0.717) is 0 Å². The first kappa shape index (κ1) is 18.7. The van der Waals surface area contributed by atoms with Gasteiger partial charge in [0.2, 0.25) is 0 Å². The zero-order valence-corrected chi connectivity index (χ0v) is 14.4. The Morgan fingerprint density at radius 3 is 2.14 bits per heavy atom. The molecule has 120 valence electrons. The maximum Gasteiger partial charge on any atom is 0.412 e. The van der Waals surface area contributed by atoms with Gasteiger partial charge in [0, 0.05) is 18.4 Å². The minimum absolute atomic E-state index is 0.0757. The van der Waals surface area contributed by atoms with E-state index >= 15 is 0 Å². The molecule has 0 radical (unpaired) electrons. The summed E-state index contributed by atoms with van der Waals surface area (Å²) in [6.07, 6.45) is -4.67. The summed E-state index contributed by atoms with van der Waals surface area (Å²) in [6, 6.07) is 1.04. The smallest absolute Gasteiger partial charge is 0.412 e. The maximum atomic E-state index is 13.5. The molecule has 8 heteroatoms. The minimum atomic E-state index is -4.67. The van der Waals surface area contributed by atoms with Gasteiger partial charge in [-0.05, 0) is 54.4 Å². The number of hydrogen-bond acceptors (Lipinski definition) is 2. The fourth-order valence-corrected chi connectivity index (χ4v) is 3.36. The van der Waals surface area contributed by atoms with Gasteiger partial charge in [-0.2, -0.15) is 13.2 Å². The van der Waals surface area contributed by atoms with Gasteiger partial charge in [-0.25, -0.2) is 4.39 Å². The van der Waals surface area contributed by atoms with Crippen molar-refractivity contribution in [2.24, 2.45) is 0 Å². The molecule has 0 N–H and O–H groups in total. The lowest BCUT2D eigenvalue weighted by Crippen LogP contribution is -2.46. The van der Waals surface area contributed by atoms with Crippen LogP contribution in [0.25, 0.3) is 0 Å². The number of hydrogen-bond donors (Lipinski definition) is 0. The van der Waals surface area contributed by atoms with Gasteiger partial charge < -0.3 is 4.55 Å². The van der Waals surface area contributed by atoms with E-state index in [4.69, 9.17) is 0 Å². The first-order valence-electron chi connectivity index (χ1n) is 6.02. The van der Waals surface area contributed by atoms with Crippen LogP contribution in [0.1, 0.15) is 32.4 Å². The molecule has 0 bridgehead atoms. The molecule has 2 atom stereocenters. The summed E-state index contributed by atoms with van der Waals surface area (Å²) in [5.74, 6) is -0.795. The number of rotatable bonds is 3. The second-order valence-electron chi connectivity index (χ2n) is 5.53. The molecular weight excluding hydrogens is 374 g/mol. The van der Waals surface area contributed by atoms with Crippen molar-refractivity contribution in [3.8, 4) is 0 Å². The van der Waals surface area contributed by atoms with E-state index in [0.717, 1.165) is 17.4 Å². The van der Waals surface area contributed by atoms with Crippen LogP contribution < -0.4 is 0 Å². The highest BCUT2D eigenvalue weighted by atomic mass is 79.9. The molecule has 0 saturated carbocycles. The molecule has 1 unspecified atom stereocenters. The zero-order valence-electron chi connectivity index (χ0n) is 12.0. The molecule has 0 aliphatic rings. The Labute approximate surface area is 133 Å². The summed E-state index contributed by atoms with van der Waals surface area (Å²) in [6.45, 7) is 4.74. The quantitative estimate of drug-likeness (QED) is 0.558. The lowest BCUT2D eigenvalue weighted by atomic mass is 10.1. The van der Waals surface area contributed by atoms with Crippen molar-refractivity contribution in [2.75, 3.05) is 7.05 Å². The third-order valence-corrected chi connectivity index (χ3v) is 5.14. The van der Waals surface area contributed by atoms with Crippen LogP contribution in [-0.4, -0.2) is 26.8 Å². The van der Waals surface area contributed by atoms with E-state index in [9.17, 15) is 22.1 Å². The van der Waals surface area contributed by atoms with Crippen LogP contribution in [0, 0.1) is 5.82 Å². The second kappa shape index (κ2) is 6.44. The highest BCUT2D eigenvalue weighted by molar-refractivity contribution is 9.10. The summed E-state index contributed by atoms with van der Waals surface area (Å²) in [5.41, 5.74) is -0.289. The van der Waals surface area contributed by atoms with Crippen LogP contribution in [0.2, 0.25) is 0 Å². The second-order valence-corrected chi connectivity index (χ2v) is 8.68. The third-order valence-electron chi connectivity index (χ3n) is 2.72. The van der Waals surface area contributed by atoms with Crippen molar-refractivity contribution in [1.82, 2.24) is 4.31 Å². The Balaban J connectivity index is 3.27. The maximum absolute atomic E-state index is 13.5. The number of benzene rings is 1. The van der Waals surface area contributed by atoms with E-state index in [1.54, 1.807) is 20.8 Å². The molecule has 2 nitrogen and oxygen atoms in total.